The molecule has 0 aliphatic rings. The Hall–Kier alpha value is -1.37. The summed E-state index contributed by atoms with van der Waals surface area (Å²) in [6.07, 6.45) is 0. The third kappa shape index (κ3) is 1.55. The molecule has 1 aromatic carbocycles. The minimum absolute atomic E-state index is 0. The fourth-order valence-electron chi connectivity index (χ4n) is 0.622. The topological polar surface area (TPSA) is 57.5 Å². The van der Waals surface area contributed by atoms with Crippen molar-refractivity contribution >= 4 is 5.69 Å². The minimum atomic E-state index is -2.21. The van der Waals surface area contributed by atoms with Crippen LogP contribution in [0.15, 0.2) is 0 Å². The number of halogens is 5. The minimum Gasteiger partial charge on any atom is -0.412 e. The predicted molar refractivity (Wildman–Crippen MR) is 34.3 cm³/mol. The fraction of sp³-hybridized carbons (Fsp3) is 0. The molecule has 0 unspecified atom stereocenters. The van der Waals surface area contributed by atoms with E-state index in [0.717, 1.165) is 0 Å². The summed E-state index contributed by atoms with van der Waals surface area (Å²) in [5, 5.41) is 0. The van der Waals surface area contributed by atoms with E-state index in [0.29, 0.717) is 0 Å². The van der Waals surface area contributed by atoms with Gasteiger partial charge in [0.2, 0.25) is 5.82 Å². The van der Waals surface area contributed by atoms with Gasteiger partial charge in [-0.25, -0.2) is 22.0 Å². The normalized spacial score (nSPS) is 9.62. The average Bonchev–Trinajstić information content (AvgIpc) is 2.08. The highest BCUT2D eigenvalue weighted by Gasteiger charge is 2.23. The van der Waals surface area contributed by atoms with E-state index >= 15 is 0 Å². The molecule has 0 aliphatic carbocycles. The van der Waals surface area contributed by atoms with Crippen LogP contribution < -0.4 is 5.73 Å². The molecular weight excluding hydrogens is 197 g/mol. The molecule has 0 saturated carbocycles. The van der Waals surface area contributed by atoms with Crippen molar-refractivity contribution in [1.82, 2.24) is 0 Å². The van der Waals surface area contributed by atoms with Crippen molar-refractivity contribution in [2.24, 2.45) is 0 Å². The smallest absolute Gasteiger partial charge is 0.200 e. The quantitative estimate of drug-likeness (QED) is 0.291. The van der Waals surface area contributed by atoms with Crippen LogP contribution in [0.3, 0.4) is 0 Å². The number of anilines is 1. The number of nitrogen functional groups attached to an aromatic ring is 1. The zero-order valence-electron chi connectivity index (χ0n) is 5.97. The predicted octanol–water partition coefficient (Wildman–Crippen LogP) is 1.14. The number of hydrogen-bond donors (Lipinski definition) is 1. The zero-order valence-corrected chi connectivity index (χ0v) is 5.97. The van der Waals surface area contributed by atoms with Gasteiger partial charge < -0.3 is 11.2 Å². The molecule has 0 aliphatic heterocycles. The summed E-state index contributed by atoms with van der Waals surface area (Å²) in [6, 6.07) is 0. The molecule has 7 heteroatoms. The van der Waals surface area contributed by atoms with Crippen LogP contribution >= 0.6 is 0 Å². The van der Waals surface area contributed by atoms with Crippen molar-refractivity contribution in [1.29, 1.82) is 0 Å². The number of nitrogens with two attached hydrogens (primary N) is 1. The van der Waals surface area contributed by atoms with E-state index in [4.69, 9.17) is 0 Å². The monoisotopic (exact) mass is 201 g/mol. The molecule has 0 heterocycles. The van der Waals surface area contributed by atoms with Crippen LogP contribution in [-0.2, 0) is 0 Å². The SMILES string of the molecule is Nc1c(F)c(F)c(F)c(F)c1F.O. The molecule has 4 N–H and O–H groups in total. The van der Waals surface area contributed by atoms with Gasteiger partial charge in [-0.15, -0.1) is 0 Å². The average molecular weight is 201 g/mol. The van der Waals surface area contributed by atoms with Gasteiger partial charge in [-0.1, -0.05) is 0 Å². The highest BCUT2D eigenvalue weighted by Crippen LogP contribution is 2.23. The van der Waals surface area contributed by atoms with Gasteiger partial charge in [0.25, 0.3) is 0 Å². The van der Waals surface area contributed by atoms with Gasteiger partial charge in [0.15, 0.2) is 23.3 Å². The zero-order chi connectivity index (χ0) is 9.46. The third-order valence-electron chi connectivity index (χ3n) is 1.24. The van der Waals surface area contributed by atoms with Crippen LogP contribution in [0.2, 0.25) is 0 Å². The fourth-order valence-corrected chi connectivity index (χ4v) is 0.622. The van der Waals surface area contributed by atoms with Crippen molar-refractivity contribution < 1.29 is 27.4 Å². The lowest BCUT2D eigenvalue weighted by Crippen LogP contribution is -2.05. The van der Waals surface area contributed by atoms with Gasteiger partial charge in [-0.2, -0.15) is 0 Å². The molecule has 2 nitrogen and oxygen atoms in total. The first-order valence-corrected chi connectivity index (χ1v) is 2.73. The summed E-state index contributed by atoms with van der Waals surface area (Å²) in [7, 11) is 0. The van der Waals surface area contributed by atoms with Gasteiger partial charge in [0.1, 0.15) is 5.69 Å². The first-order chi connectivity index (χ1) is 5.46. The molecule has 0 radical (unpaired) electrons. The van der Waals surface area contributed by atoms with Crippen LogP contribution in [0, 0.1) is 29.1 Å². The molecule has 0 bridgehead atoms. The van der Waals surface area contributed by atoms with Crippen LogP contribution in [-0.4, -0.2) is 5.48 Å². The Kier molecular flexibility index (Phi) is 3.19. The van der Waals surface area contributed by atoms with Crippen LogP contribution in [0.1, 0.15) is 0 Å². The van der Waals surface area contributed by atoms with E-state index in [2.05, 4.69) is 5.73 Å². The molecule has 0 saturated heterocycles. The lowest BCUT2D eigenvalue weighted by molar-refractivity contribution is 0.382. The standard InChI is InChI=1S/C6H2F5N.H2O/c7-1-2(8)4(10)6(12)5(11)3(1)9;/h12H2;1H2. The lowest BCUT2D eigenvalue weighted by Gasteiger charge is -2.02. The summed E-state index contributed by atoms with van der Waals surface area (Å²) in [4.78, 5) is 0. The second kappa shape index (κ2) is 3.56. The molecule has 1 rings (SSSR count). The molecule has 1 aromatic rings. The van der Waals surface area contributed by atoms with E-state index in [1.165, 1.54) is 0 Å². The molecule has 0 fully saturated rings. The Labute approximate surface area is 69.1 Å². The van der Waals surface area contributed by atoms with Crippen molar-refractivity contribution in [2.45, 2.75) is 0 Å². The number of hydrogen-bond acceptors (Lipinski definition) is 1. The Morgan fingerprint density at radius 3 is 1.15 bits per heavy atom. The Bertz CT molecular complexity index is 235. The summed E-state index contributed by atoms with van der Waals surface area (Å²) in [5.41, 5.74) is 3.19. The number of benzene rings is 1. The van der Waals surface area contributed by atoms with Gasteiger partial charge in [0, 0.05) is 0 Å². The second-order valence-electron chi connectivity index (χ2n) is 1.98. The van der Waals surface area contributed by atoms with E-state index in [1.54, 1.807) is 0 Å². The van der Waals surface area contributed by atoms with Crippen LogP contribution in [0.4, 0.5) is 27.6 Å². The first-order valence-electron chi connectivity index (χ1n) is 2.73. The highest BCUT2D eigenvalue weighted by molar-refractivity contribution is 5.42. The molecule has 74 valence electrons. The maximum absolute atomic E-state index is 12.3. The molecular formula is C6H4F5NO. The molecule has 13 heavy (non-hydrogen) atoms. The maximum Gasteiger partial charge on any atom is 0.200 e. The van der Waals surface area contributed by atoms with Crippen molar-refractivity contribution in [3.05, 3.63) is 29.1 Å². The van der Waals surface area contributed by atoms with E-state index < -0.39 is 34.8 Å². The van der Waals surface area contributed by atoms with Gasteiger partial charge in [-0.05, 0) is 0 Å². The van der Waals surface area contributed by atoms with Crippen molar-refractivity contribution in [2.75, 3.05) is 5.73 Å². The summed E-state index contributed by atoms with van der Waals surface area (Å²) < 4.78 is 61.1. The Morgan fingerprint density at radius 2 is 0.846 bits per heavy atom. The lowest BCUT2D eigenvalue weighted by atomic mass is 10.2. The van der Waals surface area contributed by atoms with Crippen LogP contribution in [0.5, 0.6) is 0 Å². The van der Waals surface area contributed by atoms with Crippen molar-refractivity contribution in [3.63, 3.8) is 0 Å². The van der Waals surface area contributed by atoms with Gasteiger partial charge in [-0.3, -0.25) is 0 Å². The van der Waals surface area contributed by atoms with Gasteiger partial charge in [0.05, 0.1) is 0 Å². The van der Waals surface area contributed by atoms with Crippen molar-refractivity contribution in [3.8, 4) is 0 Å². The molecule has 0 atom stereocenters. The number of rotatable bonds is 0. The second-order valence-corrected chi connectivity index (χ2v) is 1.98. The van der Waals surface area contributed by atoms with E-state index in [-0.39, 0.29) is 5.48 Å². The summed E-state index contributed by atoms with van der Waals surface area (Å²) in [6.45, 7) is 0. The first kappa shape index (κ1) is 11.6. The van der Waals surface area contributed by atoms with E-state index in [9.17, 15) is 22.0 Å². The summed E-state index contributed by atoms with van der Waals surface area (Å²) in [5.74, 6) is -10.3. The molecule has 0 amide bonds. The molecule has 0 aromatic heterocycles. The van der Waals surface area contributed by atoms with E-state index in [1.807, 2.05) is 0 Å². The van der Waals surface area contributed by atoms with Crippen LogP contribution in [0.25, 0.3) is 0 Å². The largest absolute Gasteiger partial charge is 0.412 e. The Morgan fingerprint density at radius 1 is 0.615 bits per heavy atom. The van der Waals surface area contributed by atoms with Gasteiger partial charge >= 0.3 is 0 Å². The maximum atomic E-state index is 12.3. The molecule has 0 spiro atoms. The summed E-state index contributed by atoms with van der Waals surface area (Å²) >= 11 is 0. The highest BCUT2D eigenvalue weighted by atomic mass is 19.2. The third-order valence-corrected chi connectivity index (χ3v) is 1.24. The Balaban J connectivity index is 0.00000144.